The molecule has 7 heteroatoms. The number of aliphatic hydroxyl groups excluding tert-OH is 1. The molecule has 2 aromatic rings. The van der Waals surface area contributed by atoms with E-state index in [9.17, 15) is 15.0 Å². The van der Waals surface area contributed by atoms with E-state index in [-0.39, 0.29) is 29.4 Å². The zero-order valence-electron chi connectivity index (χ0n) is 13.2. The third-order valence-electron chi connectivity index (χ3n) is 3.40. The first-order chi connectivity index (χ1) is 11.5. The number of ether oxygens (including phenoxy) is 3. The fraction of sp³-hybridized carbons (Fsp3) is 0.235. The molecule has 3 N–H and O–H groups in total. The van der Waals surface area contributed by atoms with Gasteiger partial charge in [-0.1, -0.05) is 6.07 Å². The predicted octanol–water partition coefficient (Wildman–Crippen LogP) is 2.22. The molecule has 0 saturated carbocycles. The molecule has 0 aromatic heterocycles. The number of phenols is 1. The Morgan fingerprint density at radius 3 is 2.38 bits per heavy atom. The lowest BCUT2D eigenvalue weighted by molar-refractivity contribution is 0.0696. The molecule has 0 fully saturated rings. The molecule has 24 heavy (non-hydrogen) atoms. The normalized spacial score (nSPS) is 11.6. The molecule has 0 aliphatic rings. The highest BCUT2D eigenvalue weighted by Gasteiger charge is 2.14. The van der Waals surface area contributed by atoms with Crippen LogP contribution in [0.25, 0.3) is 0 Å². The molecule has 7 nitrogen and oxygen atoms in total. The molecule has 0 heterocycles. The summed E-state index contributed by atoms with van der Waals surface area (Å²) in [7, 11) is 2.81. The average molecular weight is 334 g/mol. The number of carbonyl (C=O) groups is 1. The number of carboxylic acids is 1. The van der Waals surface area contributed by atoms with Crippen molar-refractivity contribution in [1.29, 1.82) is 0 Å². The Bertz CT molecular complexity index is 727. The van der Waals surface area contributed by atoms with E-state index in [0.717, 1.165) is 0 Å². The van der Waals surface area contributed by atoms with E-state index >= 15 is 0 Å². The Labute approximate surface area is 138 Å². The molecule has 1 atom stereocenters. The van der Waals surface area contributed by atoms with E-state index in [2.05, 4.69) is 0 Å². The minimum atomic E-state index is -1.07. The maximum Gasteiger partial charge on any atom is 0.335 e. The van der Waals surface area contributed by atoms with Crippen LogP contribution in [-0.4, -0.2) is 42.1 Å². The van der Waals surface area contributed by atoms with Crippen LogP contribution in [0, 0.1) is 0 Å². The predicted molar refractivity (Wildman–Crippen MR) is 85.1 cm³/mol. The van der Waals surface area contributed by atoms with Crippen LogP contribution in [0.2, 0.25) is 0 Å². The van der Waals surface area contributed by atoms with Gasteiger partial charge in [0.1, 0.15) is 12.7 Å². The Hall–Kier alpha value is -2.93. The van der Waals surface area contributed by atoms with Gasteiger partial charge in [0.05, 0.1) is 19.8 Å². The molecular formula is C17H18O7. The molecule has 2 aromatic carbocycles. The van der Waals surface area contributed by atoms with Crippen LogP contribution in [0.4, 0.5) is 0 Å². The van der Waals surface area contributed by atoms with Gasteiger partial charge in [-0.3, -0.25) is 0 Å². The van der Waals surface area contributed by atoms with E-state index in [1.54, 1.807) is 6.07 Å². The highest BCUT2D eigenvalue weighted by molar-refractivity contribution is 5.88. The molecule has 1 unspecified atom stereocenters. The number of aromatic carboxylic acids is 1. The number of hydrogen-bond donors (Lipinski definition) is 3. The maximum absolute atomic E-state index is 11.0. The zero-order chi connectivity index (χ0) is 17.7. The number of benzene rings is 2. The maximum atomic E-state index is 11.0. The number of hydrogen-bond acceptors (Lipinski definition) is 6. The van der Waals surface area contributed by atoms with Gasteiger partial charge in [-0.05, 0) is 35.9 Å². The lowest BCUT2D eigenvalue weighted by atomic mass is 10.1. The monoisotopic (exact) mass is 334 g/mol. The van der Waals surface area contributed by atoms with Crippen molar-refractivity contribution in [3.63, 3.8) is 0 Å². The summed E-state index contributed by atoms with van der Waals surface area (Å²) in [5.74, 6) is -0.288. The number of rotatable bonds is 7. The molecule has 0 aliphatic carbocycles. The number of aliphatic hydroxyl groups is 1. The van der Waals surface area contributed by atoms with Crippen LogP contribution in [-0.2, 0) is 0 Å². The third-order valence-corrected chi connectivity index (χ3v) is 3.40. The van der Waals surface area contributed by atoms with Crippen molar-refractivity contribution in [3.05, 3.63) is 47.5 Å². The second kappa shape index (κ2) is 7.56. The topological polar surface area (TPSA) is 105 Å². The van der Waals surface area contributed by atoms with Crippen molar-refractivity contribution in [3.8, 4) is 23.0 Å². The van der Waals surface area contributed by atoms with Gasteiger partial charge in [0, 0.05) is 0 Å². The first-order valence-electron chi connectivity index (χ1n) is 7.05. The summed E-state index contributed by atoms with van der Waals surface area (Å²) >= 11 is 0. The number of methoxy groups -OCH3 is 2. The highest BCUT2D eigenvalue weighted by Crippen LogP contribution is 2.31. The summed E-state index contributed by atoms with van der Waals surface area (Å²) in [4.78, 5) is 11.0. The van der Waals surface area contributed by atoms with Crippen LogP contribution in [0.1, 0.15) is 22.0 Å². The molecule has 0 spiro atoms. The van der Waals surface area contributed by atoms with Gasteiger partial charge in [0.15, 0.2) is 23.0 Å². The Morgan fingerprint density at radius 1 is 1.04 bits per heavy atom. The van der Waals surface area contributed by atoms with Crippen molar-refractivity contribution < 1.29 is 34.3 Å². The van der Waals surface area contributed by atoms with Gasteiger partial charge in [-0.25, -0.2) is 4.79 Å². The van der Waals surface area contributed by atoms with Crippen molar-refractivity contribution >= 4 is 5.97 Å². The number of phenolic OH excluding ortho intramolecular Hbond substituents is 1. The summed E-state index contributed by atoms with van der Waals surface area (Å²) in [6.45, 7) is -0.0866. The molecule has 0 aliphatic heterocycles. The van der Waals surface area contributed by atoms with E-state index in [4.69, 9.17) is 19.3 Å². The third kappa shape index (κ3) is 3.88. The quantitative estimate of drug-likeness (QED) is 0.713. The second-order valence-electron chi connectivity index (χ2n) is 4.93. The van der Waals surface area contributed by atoms with Crippen LogP contribution in [0.5, 0.6) is 23.0 Å². The van der Waals surface area contributed by atoms with Crippen LogP contribution >= 0.6 is 0 Å². The van der Waals surface area contributed by atoms with E-state index < -0.39 is 12.1 Å². The lowest BCUT2D eigenvalue weighted by Crippen LogP contribution is -2.10. The molecule has 0 amide bonds. The first-order valence-corrected chi connectivity index (χ1v) is 7.05. The van der Waals surface area contributed by atoms with Crippen molar-refractivity contribution in [2.45, 2.75) is 6.10 Å². The van der Waals surface area contributed by atoms with Gasteiger partial charge in [-0.2, -0.15) is 0 Å². The average Bonchev–Trinajstić information content (AvgIpc) is 2.59. The molecule has 0 bridgehead atoms. The van der Waals surface area contributed by atoms with Gasteiger partial charge in [-0.15, -0.1) is 0 Å². The largest absolute Gasteiger partial charge is 0.504 e. The molecule has 2 rings (SSSR count). The Balaban J connectivity index is 2.11. The lowest BCUT2D eigenvalue weighted by Gasteiger charge is -2.16. The Morgan fingerprint density at radius 2 is 1.75 bits per heavy atom. The first kappa shape index (κ1) is 17.4. The number of aromatic hydroxyl groups is 1. The standard InChI is InChI=1S/C17H18O7/c1-22-15-7-10(3-5-12(15)18)13(19)9-24-14-6-4-11(17(20)21)8-16(14)23-2/h3-8,13,18-19H,9H2,1-2H3,(H,20,21). The second-order valence-corrected chi connectivity index (χ2v) is 4.93. The van der Waals surface area contributed by atoms with E-state index in [1.807, 2.05) is 0 Å². The SMILES string of the molecule is COc1cc(C(O)COc2ccc(C(=O)O)cc2OC)ccc1O. The Kier molecular flexibility index (Phi) is 5.49. The zero-order valence-corrected chi connectivity index (χ0v) is 13.2. The van der Waals surface area contributed by atoms with Crippen LogP contribution in [0.15, 0.2) is 36.4 Å². The van der Waals surface area contributed by atoms with Gasteiger partial charge >= 0.3 is 5.97 Å². The van der Waals surface area contributed by atoms with Gasteiger partial charge < -0.3 is 29.5 Å². The fourth-order valence-electron chi connectivity index (χ4n) is 2.09. The summed E-state index contributed by atoms with van der Waals surface area (Å²) in [6, 6.07) is 8.67. The summed E-state index contributed by atoms with van der Waals surface area (Å²) in [5, 5.41) is 28.7. The van der Waals surface area contributed by atoms with Crippen LogP contribution < -0.4 is 14.2 Å². The van der Waals surface area contributed by atoms with Crippen molar-refractivity contribution in [2.75, 3.05) is 20.8 Å². The highest BCUT2D eigenvalue weighted by atomic mass is 16.5. The smallest absolute Gasteiger partial charge is 0.335 e. The molecular weight excluding hydrogens is 316 g/mol. The fourth-order valence-corrected chi connectivity index (χ4v) is 2.09. The molecule has 128 valence electrons. The number of carboxylic acid groups (broad SMARTS) is 1. The van der Waals surface area contributed by atoms with Crippen LogP contribution in [0.3, 0.4) is 0 Å². The summed E-state index contributed by atoms with van der Waals surface area (Å²) in [5.41, 5.74) is 0.578. The van der Waals surface area contributed by atoms with Gasteiger partial charge in [0.25, 0.3) is 0 Å². The van der Waals surface area contributed by atoms with Crippen molar-refractivity contribution in [1.82, 2.24) is 0 Å². The molecule has 0 saturated heterocycles. The van der Waals surface area contributed by atoms with E-state index in [0.29, 0.717) is 11.3 Å². The van der Waals surface area contributed by atoms with Gasteiger partial charge in [0.2, 0.25) is 0 Å². The minimum absolute atomic E-state index is 0.0275. The summed E-state index contributed by atoms with van der Waals surface area (Å²) < 4.78 is 15.6. The molecule has 0 radical (unpaired) electrons. The van der Waals surface area contributed by atoms with E-state index in [1.165, 1.54) is 44.6 Å². The summed E-state index contributed by atoms with van der Waals surface area (Å²) in [6.07, 6.45) is -0.969. The minimum Gasteiger partial charge on any atom is -0.504 e. The van der Waals surface area contributed by atoms with Crippen molar-refractivity contribution in [2.24, 2.45) is 0 Å².